The second-order valence-corrected chi connectivity index (χ2v) is 5.29. The van der Waals surface area contributed by atoms with Crippen LogP contribution in [0.2, 0.25) is 0 Å². The van der Waals surface area contributed by atoms with Crippen molar-refractivity contribution >= 4 is 22.2 Å². The molecule has 3 aromatic rings. The Labute approximate surface area is 117 Å². The highest BCUT2D eigenvalue weighted by Gasteiger charge is 2.14. The molecule has 2 nitrogen and oxygen atoms in total. The summed E-state index contributed by atoms with van der Waals surface area (Å²) >= 11 is 1.73. The average Bonchev–Trinajstić information content (AvgIpc) is 2.98. The first-order valence-electron chi connectivity index (χ1n) is 6.48. The van der Waals surface area contributed by atoms with E-state index in [0.717, 1.165) is 12.1 Å². The van der Waals surface area contributed by atoms with Gasteiger partial charge in [-0.3, -0.25) is 4.98 Å². The molecule has 0 spiro atoms. The van der Waals surface area contributed by atoms with Crippen LogP contribution in [0.25, 0.3) is 10.9 Å². The van der Waals surface area contributed by atoms with Crippen LogP contribution in [0.15, 0.2) is 53.4 Å². The predicted octanol–water partition coefficient (Wildman–Crippen LogP) is 4.00. The fourth-order valence-electron chi connectivity index (χ4n) is 2.32. The van der Waals surface area contributed by atoms with E-state index in [9.17, 15) is 0 Å². The molecular weight excluding hydrogens is 252 g/mol. The van der Waals surface area contributed by atoms with Gasteiger partial charge in [-0.1, -0.05) is 25.1 Å². The van der Waals surface area contributed by atoms with E-state index in [1.807, 2.05) is 18.3 Å². The third-order valence-electron chi connectivity index (χ3n) is 3.23. The van der Waals surface area contributed by atoms with Crippen molar-refractivity contribution in [3.8, 4) is 0 Å². The first kappa shape index (κ1) is 12.3. The van der Waals surface area contributed by atoms with Gasteiger partial charge < -0.3 is 5.32 Å². The van der Waals surface area contributed by atoms with E-state index in [1.54, 1.807) is 11.3 Å². The number of hydrogen-bond acceptors (Lipinski definition) is 3. The summed E-state index contributed by atoms with van der Waals surface area (Å²) in [6, 6.07) is 12.9. The Morgan fingerprint density at radius 1 is 1.21 bits per heavy atom. The molecule has 3 rings (SSSR count). The number of pyridine rings is 1. The molecule has 1 aromatic carbocycles. The number of nitrogens with zero attached hydrogens (tertiary/aromatic N) is 1. The summed E-state index contributed by atoms with van der Waals surface area (Å²) in [5.41, 5.74) is 3.58. The zero-order chi connectivity index (χ0) is 13.1. The van der Waals surface area contributed by atoms with Crippen molar-refractivity contribution < 1.29 is 0 Å². The lowest BCUT2D eigenvalue weighted by Crippen LogP contribution is -2.21. The molecule has 19 heavy (non-hydrogen) atoms. The van der Waals surface area contributed by atoms with Gasteiger partial charge in [0.2, 0.25) is 0 Å². The Morgan fingerprint density at radius 2 is 2.11 bits per heavy atom. The van der Waals surface area contributed by atoms with Crippen LogP contribution in [-0.2, 0) is 0 Å². The van der Waals surface area contributed by atoms with Crippen LogP contribution in [0, 0.1) is 0 Å². The van der Waals surface area contributed by atoms with Gasteiger partial charge in [-0.05, 0) is 46.6 Å². The average molecular weight is 268 g/mol. The SMILES string of the molecule is CCNC(c1ccsc1)c1cnc2ccccc2c1. The van der Waals surface area contributed by atoms with E-state index in [1.165, 1.54) is 16.5 Å². The zero-order valence-electron chi connectivity index (χ0n) is 10.8. The van der Waals surface area contributed by atoms with Crippen LogP contribution in [0.1, 0.15) is 24.1 Å². The third-order valence-corrected chi connectivity index (χ3v) is 3.93. The zero-order valence-corrected chi connectivity index (χ0v) is 11.7. The maximum absolute atomic E-state index is 4.56. The second-order valence-electron chi connectivity index (χ2n) is 4.51. The van der Waals surface area contributed by atoms with E-state index in [2.05, 4.69) is 52.3 Å². The minimum absolute atomic E-state index is 0.230. The third kappa shape index (κ3) is 2.53. The topological polar surface area (TPSA) is 24.9 Å². The molecular formula is C16H16N2S. The van der Waals surface area contributed by atoms with E-state index in [4.69, 9.17) is 0 Å². The van der Waals surface area contributed by atoms with Crippen LogP contribution in [0.4, 0.5) is 0 Å². The Kier molecular flexibility index (Phi) is 3.58. The van der Waals surface area contributed by atoms with Gasteiger partial charge >= 0.3 is 0 Å². The molecule has 96 valence electrons. The summed E-state index contributed by atoms with van der Waals surface area (Å²) in [4.78, 5) is 4.56. The number of thiophene rings is 1. The van der Waals surface area contributed by atoms with E-state index in [0.29, 0.717) is 0 Å². The second kappa shape index (κ2) is 5.51. The lowest BCUT2D eigenvalue weighted by Gasteiger charge is -2.17. The van der Waals surface area contributed by atoms with Crippen molar-refractivity contribution in [2.45, 2.75) is 13.0 Å². The van der Waals surface area contributed by atoms with Crippen molar-refractivity contribution in [2.75, 3.05) is 6.54 Å². The molecule has 2 aromatic heterocycles. The standard InChI is InChI=1S/C16H16N2S/c1-2-17-16(13-7-8-19-11-13)14-9-12-5-3-4-6-15(12)18-10-14/h3-11,16-17H,2H2,1H3. The van der Waals surface area contributed by atoms with Crippen LogP contribution in [0.3, 0.4) is 0 Å². The Morgan fingerprint density at radius 3 is 2.89 bits per heavy atom. The molecule has 1 unspecified atom stereocenters. The van der Waals surface area contributed by atoms with Crippen LogP contribution < -0.4 is 5.32 Å². The van der Waals surface area contributed by atoms with Crippen molar-refractivity contribution in [3.05, 3.63) is 64.5 Å². The normalized spacial score (nSPS) is 12.7. The number of rotatable bonds is 4. The van der Waals surface area contributed by atoms with Crippen LogP contribution >= 0.6 is 11.3 Å². The molecule has 1 N–H and O–H groups in total. The predicted molar refractivity (Wildman–Crippen MR) is 81.6 cm³/mol. The van der Waals surface area contributed by atoms with Gasteiger partial charge in [0.25, 0.3) is 0 Å². The highest BCUT2D eigenvalue weighted by Crippen LogP contribution is 2.25. The fraction of sp³-hybridized carbons (Fsp3) is 0.188. The van der Waals surface area contributed by atoms with Crippen LogP contribution in [0.5, 0.6) is 0 Å². The van der Waals surface area contributed by atoms with Gasteiger partial charge in [0.15, 0.2) is 0 Å². The summed E-state index contributed by atoms with van der Waals surface area (Å²) < 4.78 is 0. The molecule has 0 saturated heterocycles. The summed E-state index contributed by atoms with van der Waals surface area (Å²) in [7, 11) is 0. The molecule has 0 amide bonds. The maximum atomic E-state index is 4.56. The molecule has 1 atom stereocenters. The summed E-state index contributed by atoms with van der Waals surface area (Å²) in [6.07, 6.45) is 1.98. The number of nitrogens with one attached hydrogen (secondary N) is 1. The molecule has 2 heterocycles. The maximum Gasteiger partial charge on any atom is 0.0702 e. The number of aromatic nitrogens is 1. The summed E-state index contributed by atoms with van der Waals surface area (Å²) in [5, 5.41) is 9.04. The lowest BCUT2D eigenvalue weighted by atomic mass is 10.0. The van der Waals surface area contributed by atoms with E-state index < -0.39 is 0 Å². The fourth-order valence-corrected chi connectivity index (χ4v) is 3.00. The van der Waals surface area contributed by atoms with Crippen molar-refractivity contribution in [3.63, 3.8) is 0 Å². The number of fused-ring (bicyclic) bond motifs is 1. The quantitative estimate of drug-likeness (QED) is 0.773. The molecule has 0 aliphatic rings. The molecule has 0 fully saturated rings. The molecule has 0 aliphatic heterocycles. The van der Waals surface area contributed by atoms with E-state index in [-0.39, 0.29) is 6.04 Å². The van der Waals surface area contributed by atoms with E-state index >= 15 is 0 Å². The largest absolute Gasteiger partial charge is 0.306 e. The first-order valence-corrected chi connectivity index (χ1v) is 7.43. The number of benzene rings is 1. The molecule has 0 bridgehead atoms. The van der Waals surface area contributed by atoms with Crippen molar-refractivity contribution in [1.82, 2.24) is 10.3 Å². The van der Waals surface area contributed by atoms with Gasteiger partial charge in [-0.15, -0.1) is 0 Å². The lowest BCUT2D eigenvalue weighted by molar-refractivity contribution is 0.631. The number of para-hydroxylation sites is 1. The Balaban J connectivity index is 2.05. The first-order chi connectivity index (χ1) is 9.38. The van der Waals surface area contributed by atoms with Gasteiger partial charge in [-0.25, -0.2) is 0 Å². The van der Waals surface area contributed by atoms with Gasteiger partial charge in [0.05, 0.1) is 11.6 Å². The summed E-state index contributed by atoms with van der Waals surface area (Å²) in [5.74, 6) is 0. The van der Waals surface area contributed by atoms with Crippen molar-refractivity contribution in [2.24, 2.45) is 0 Å². The van der Waals surface area contributed by atoms with Gasteiger partial charge in [-0.2, -0.15) is 11.3 Å². The highest BCUT2D eigenvalue weighted by atomic mass is 32.1. The minimum atomic E-state index is 0.230. The van der Waals surface area contributed by atoms with Crippen molar-refractivity contribution in [1.29, 1.82) is 0 Å². The molecule has 0 aliphatic carbocycles. The highest BCUT2D eigenvalue weighted by molar-refractivity contribution is 7.08. The smallest absolute Gasteiger partial charge is 0.0702 e. The molecule has 0 saturated carbocycles. The van der Waals surface area contributed by atoms with Gasteiger partial charge in [0, 0.05) is 11.6 Å². The van der Waals surface area contributed by atoms with Gasteiger partial charge in [0.1, 0.15) is 0 Å². The molecule has 3 heteroatoms. The Hall–Kier alpha value is -1.71. The monoisotopic (exact) mass is 268 g/mol. The molecule has 0 radical (unpaired) electrons. The summed E-state index contributed by atoms with van der Waals surface area (Å²) in [6.45, 7) is 3.07. The minimum Gasteiger partial charge on any atom is -0.306 e. The van der Waals surface area contributed by atoms with Crippen LogP contribution in [-0.4, -0.2) is 11.5 Å². The Bertz CT molecular complexity index is 661. The number of hydrogen-bond donors (Lipinski definition) is 1.